The van der Waals surface area contributed by atoms with Gasteiger partial charge in [-0.1, -0.05) is 6.92 Å². The zero-order valence-electron chi connectivity index (χ0n) is 15.3. The maximum absolute atomic E-state index is 12.0. The monoisotopic (exact) mass is 329 g/mol. The number of benzene rings is 1. The number of hydrogen-bond donors (Lipinski definition) is 1. The Labute approximate surface area is 146 Å². The summed E-state index contributed by atoms with van der Waals surface area (Å²) in [4.78, 5) is 16.4. The fraction of sp³-hybridized carbons (Fsp3) is 0.650. The Bertz CT molecular complexity index is 549. The number of nitrogens with one attached hydrogen (secondary N) is 1. The fourth-order valence-corrected chi connectivity index (χ4v) is 3.87. The summed E-state index contributed by atoms with van der Waals surface area (Å²) in [5, 5.41) is 3.73. The summed E-state index contributed by atoms with van der Waals surface area (Å²) in [7, 11) is 0. The second-order valence-corrected chi connectivity index (χ2v) is 7.41. The van der Waals surface area contributed by atoms with Crippen molar-refractivity contribution in [3.63, 3.8) is 0 Å². The minimum absolute atomic E-state index is 0.257. The first-order chi connectivity index (χ1) is 11.6. The zero-order valence-corrected chi connectivity index (χ0v) is 15.3. The van der Waals surface area contributed by atoms with Gasteiger partial charge in [0.1, 0.15) is 0 Å². The van der Waals surface area contributed by atoms with Crippen LogP contribution < -0.4 is 15.1 Å². The van der Waals surface area contributed by atoms with Crippen LogP contribution in [0.2, 0.25) is 0 Å². The average molecular weight is 329 g/mol. The lowest BCUT2D eigenvalue weighted by Crippen LogP contribution is -2.45. The summed E-state index contributed by atoms with van der Waals surface area (Å²) in [5.41, 5.74) is 2.32. The zero-order chi connectivity index (χ0) is 17.1. The number of rotatable bonds is 5. The van der Waals surface area contributed by atoms with Crippen molar-refractivity contribution in [3.05, 3.63) is 24.3 Å². The number of anilines is 2. The Morgan fingerprint density at radius 1 is 1.12 bits per heavy atom. The normalized spacial score (nSPS) is 23.8. The average Bonchev–Trinajstić information content (AvgIpc) is 2.94. The van der Waals surface area contributed by atoms with Gasteiger partial charge in [-0.3, -0.25) is 4.79 Å². The van der Waals surface area contributed by atoms with Gasteiger partial charge in [0.05, 0.1) is 0 Å². The molecule has 2 saturated heterocycles. The number of amides is 1. The Kier molecular flexibility index (Phi) is 5.44. The lowest BCUT2D eigenvalue weighted by Gasteiger charge is -2.35. The van der Waals surface area contributed by atoms with Gasteiger partial charge in [-0.2, -0.15) is 0 Å². The highest BCUT2D eigenvalue weighted by Gasteiger charge is 2.28. The third-order valence-corrected chi connectivity index (χ3v) is 5.61. The quantitative estimate of drug-likeness (QED) is 0.897. The molecule has 0 aliphatic carbocycles. The molecule has 0 radical (unpaired) electrons. The first kappa shape index (κ1) is 17.3. The van der Waals surface area contributed by atoms with Crippen LogP contribution in [0.25, 0.3) is 0 Å². The summed E-state index contributed by atoms with van der Waals surface area (Å²) in [6.45, 7) is 8.85. The predicted molar refractivity (Wildman–Crippen MR) is 101 cm³/mol. The number of piperidine rings is 1. The molecule has 1 amide bonds. The van der Waals surface area contributed by atoms with E-state index in [1.807, 2.05) is 4.90 Å². The molecule has 3 rings (SSSR count). The van der Waals surface area contributed by atoms with Crippen molar-refractivity contribution in [1.82, 2.24) is 5.32 Å². The number of nitrogens with zero attached hydrogens (tertiary/aromatic N) is 2. The molecule has 4 heteroatoms. The molecule has 2 aliphatic heterocycles. The number of carbonyl (C=O) groups excluding carboxylic acids is 1. The molecule has 132 valence electrons. The highest BCUT2D eigenvalue weighted by molar-refractivity contribution is 5.96. The van der Waals surface area contributed by atoms with E-state index in [-0.39, 0.29) is 5.91 Å². The summed E-state index contributed by atoms with van der Waals surface area (Å²) in [6, 6.07) is 10.2. The van der Waals surface area contributed by atoms with E-state index in [2.05, 4.69) is 55.3 Å². The maximum atomic E-state index is 12.0. The van der Waals surface area contributed by atoms with Crippen molar-refractivity contribution < 1.29 is 4.79 Å². The van der Waals surface area contributed by atoms with Gasteiger partial charge in [-0.15, -0.1) is 0 Å². The molecule has 0 bridgehead atoms. The van der Waals surface area contributed by atoms with Crippen molar-refractivity contribution in [1.29, 1.82) is 0 Å². The van der Waals surface area contributed by atoms with Crippen LogP contribution in [0.1, 0.15) is 52.9 Å². The molecule has 2 fully saturated rings. The molecule has 0 saturated carbocycles. The van der Waals surface area contributed by atoms with Gasteiger partial charge in [-0.05, 0) is 63.8 Å². The maximum Gasteiger partial charge on any atom is 0.227 e. The summed E-state index contributed by atoms with van der Waals surface area (Å²) < 4.78 is 0. The van der Waals surface area contributed by atoms with E-state index >= 15 is 0 Å². The van der Waals surface area contributed by atoms with Gasteiger partial charge >= 0.3 is 0 Å². The second-order valence-electron chi connectivity index (χ2n) is 7.41. The van der Waals surface area contributed by atoms with Crippen molar-refractivity contribution in [2.75, 3.05) is 22.9 Å². The van der Waals surface area contributed by atoms with E-state index in [0.29, 0.717) is 24.5 Å². The van der Waals surface area contributed by atoms with Crippen LogP contribution in [0.15, 0.2) is 24.3 Å². The molecule has 0 unspecified atom stereocenters. The smallest absolute Gasteiger partial charge is 0.227 e. The van der Waals surface area contributed by atoms with E-state index in [1.54, 1.807) is 0 Å². The summed E-state index contributed by atoms with van der Waals surface area (Å²) in [6.07, 6.45) is 5.24. The SMILES string of the molecule is CC[C@H](C)NC1CCN(c2ccc(N3C(=O)CC[C@H]3C)cc2)CC1. The Balaban J connectivity index is 1.58. The lowest BCUT2D eigenvalue weighted by molar-refractivity contribution is -0.117. The van der Waals surface area contributed by atoms with Gasteiger partial charge in [0.25, 0.3) is 0 Å². The van der Waals surface area contributed by atoms with E-state index in [0.717, 1.165) is 25.2 Å². The van der Waals surface area contributed by atoms with Crippen LogP contribution in [0.3, 0.4) is 0 Å². The highest BCUT2D eigenvalue weighted by atomic mass is 16.2. The molecule has 0 aromatic heterocycles. The third-order valence-electron chi connectivity index (χ3n) is 5.61. The van der Waals surface area contributed by atoms with E-state index < -0.39 is 0 Å². The molecule has 2 aliphatic rings. The Morgan fingerprint density at radius 2 is 1.75 bits per heavy atom. The molecule has 2 atom stereocenters. The fourth-order valence-electron chi connectivity index (χ4n) is 3.87. The highest BCUT2D eigenvalue weighted by Crippen LogP contribution is 2.29. The lowest BCUT2D eigenvalue weighted by atomic mass is 10.0. The first-order valence-electron chi connectivity index (χ1n) is 9.51. The molecule has 0 spiro atoms. The molecular formula is C20H31N3O. The molecule has 24 heavy (non-hydrogen) atoms. The van der Waals surface area contributed by atoms with Crippen LogP contribution in [0.5, 0.6) is 0 Å². The van der Waals surface area contributed by atoms with Crippen LogP contribution in [0, 0.1) is 0 Å². The summed E-state index contributed by atoms with van der Waals surface area (Å²) in [5.74, 6) is 0.257. The van der Waals surface area contributed by atoms with Gasteiger partial charge in [0, 0.05) is 49.0 Å². The molecule has 1 N–H and O–H groups in total. The van der Waals surface area contributed by atoms with Gasteiger partial charge < -0.3 is 15.1 Å². The van der Waals surface area contributed by atoms with Crippen molar-refractivity contribution >= 4 is 17.3 Å². The summed E-state index contributed by atoms with van der Waals surface area (Å²) >= 11 is 0. The van der Waals surface area contributed by atoms with Crippen molar-refractivity contribution in [2.24, 2.45) is 0 Å². The number of hydrogen-bond acceptors (Lipinski definition) is 3. The molecule has 1 aromatic carbocycles. The standard InChI is InChI=1S/C20H31N3O/c1-4-15(2)21-17-11-13-22(14-12-17)18-6-8-19(9-7-18)23-16(3)5-10-20(23)24/h6-9,15-17,21H,4-5,10-14H2,1-3H3/t15-,16+/m0/s1. The van der Waals surface area contributed by atoms with Crippen LogP contribution in [0.4, 0.5) is 11.4 Å². The Hall–Kier alpha value is -1.55. The van der Waals surface area contributed by atoms with E-state index in [1.165, 1.54) is 24.9 Å². The first-order valence-corrected chi connectivity index (χ1v) is 9.51. The van der Waals surface area contributed by atoms with Crippen LogP contribution in [-0.2, 0) is 4.79 Å². The minimum atomic E-state index is 0.257. The van der Waals surface area contributed by atoms with Crippen molar-refractivity contribution in [3.8, 4) is 0 Å². The van der Waals surface area contributed by atoms with Gasteiger partial charge in [0.2, 0.25) is 5.91 Å². The minimum Gasteiger partial charge on any atom is -0.371 e. The van der Waals surface area contributed by atoms with Gasteiger partial charge in [0.15, 0.2) is 0 Å². The topological polar surface area (TPSA) is 35.6 Å². The number of carbonyl (C=O) groups is 1. The van der Waals surface area contributed by atoms with Crippen LogP contribution in [-0.4, -0.2) is 37.1 Å². The third kappa shape index (κ3) is 3.75. The molecule has 2 heterocycles. The Morgan fingerprint density at radius 3 is 2.29 bits per heavy atom. The second kappa shape index (κ2) is 7.56. The largest absolute Gasteiger partial charge is 0.371 e. The van der Waals surface area contributed by atoms with E-state index in [9.17, 15) is 4.79 Å². The predicted octanol–water partition coefficient (Wildman–Crippen LogP) is 3.56. The molecular weight excluding hydrogens is 298 g/mol. The molecule has 4 nitrogen and oxygen atoms in total. The van der Waals surface area contributed by atoms with Crippen LogP contribution >= 0.6 is 0 Å². The molecule has 1 aromatic rings. The van der Waals surface area contributed by atoms with Gasteiger partial charge in [-0.25, -0.2) is 0 Å². The van der Waals surface area contributed by atoms with E-state index in [4.69, 9.17) is 0 Å². The van der Waals surface area contributed by atoms with Crippen molar-refractivity contribution in [2.45, 2.75) is 71.0 Å².